The van der Waals surface area contributed by atoms with E-state index in [1.54, 1.807) is 35.3 Å². The molecule has 0 amide bonds. The first-order chi connectivity index (χ1) is 18.5. The van der Waals surface area contributed by atoms with Crippen LogP contribution in [0.4, 0.5) is 0 Å². The second-order valence-electron chi connectivity index (χ2n) is 10.9. The Labute approximate surface area is 248 Å². The van der Waals surface area contributed by atoms with Gasteiger partial charge in [-0.1, -0.05) is 0 Å². The molecular weight excluding hydrogens is 647 g/mol. The Kier molecular flexibility index (Phi) is 16.1. The number of unbranched alkanes of at least 4 members (excludes halogenated alkanes) is 1. The number of hydrogen-bond donors (Lipinski definition) is 0. The zero-order valence-corrected chi connectivity index (χ0v) is 28.6. The summed E-state index contributed by atoms with van der Waals surface area (Å²) in [6.07, 6.45) is 19.4. The average Bonchev–Trinajstić information content (AvgIpc) is 2.94. The first-order valence-electron chi connectivity index (χ1n) is 15.0. The van der Waals surface area contributed by atoms with Crippen LogP contribution in [0, 0.1) is 0 Å². The molecule has 0 radical (unpaired) electrons. The zero-order valence-electron chi connectivity index (χ0n) is 23.3. The molecule has 0 spiro atoms. The molecule has 0 saturated heterocycles. The van der Waals surface area contributed by atoms with Crippen molar-refractivity contribution >= 4 is 72.8 Å². The fraction of sp³-hybridized carbons (Fsp3) is 0.893. The molecule has 218 valence electrons. The summed E-state index contributed by atoms with van der Waals surface area (Å²) >= 11 is 0.0916. The number of carbonyl (C=O) groups is 3. The van der Waals surface area contributed by atoms with E-state index >= 15 is 0 Å². The summed E-state index contributed by atoms with van der Waals surface area (Å²) in [5.74, 6) is -0.525. The number of rotatable bonds is 15. The van der Waals surface area contributed by atoms with Gasteiger partial charge in [-0.05, 0) is 0 Å². The van der Waals surface area contributed by atoms with E-state index < -0.39 is 37.5 Å². The van der Waals surface area contributed by atoms with Gasteiger partial charge in [0, 0.05) is 0 Å². The molecule has 3 rings (SSSR count). The molecule has 0 N–H and O–H groups in total. The monoisotopic (exact) mass is 696 g/mol. The van der Waals surface area contributed by atoms with Gasteiger partial charge >= 0.3 is 250 Å². The summed E-state index contributed by atoms with van der Waals surface area (Å²) < 4.78 is 18.4. The summed E-state index contributed by atoms with van der Waals surface area (Å²) in [6.45, 7) is 2.04. The third-order valence-corrected chi connectivity index (χ3v) is 19.0. The third kappa shape index (κ3) is 12.8. The summed E-state index contributed by atoms with van der Waals surface area (Å²) in [5, 5.41) is 1.42. The van der Waals surface area contributed by atoms with Gasteiger partial charge in [0.1, 0.15) is 0 Å². The Hall–Kier alpha value is 0.259. The average molecular weight is 696 g/mol. The van der Waals surface area contributed by atoms with Crippen molar-refractivity contribution in [1.29, 1.82) is 0 Å². The zero-order chi connectivity index (χ0) is 27.1. The number of hydrogen-bond acceptors (Lipinski definition) is 9. The quantitative estimate of drug-likeness (QED) is 0.162. The molecule has 38 heavy (non-hydrogen) atoms. The molecule has 6 nitrogen and oxygen atoms in total. The van der Waals surface area contributed by atoms with Gasteiger partial charge in [-0.2, -0.15) is 0 Å². The van der Waals surface area contributed by atoms with Crippen molar-refractivity contribution in [2.24, 2.45) is 0 Å². The van der Waals surface area contributed by atoms with Gasteiger partial charge in [-0.3, -0.25) is 0 Å². The molecule has 10 heteroatoms. The molecule has 0 aromatic heterocycles. The van der Waals surface area contributed by atoms with Gasteiger partial charge in [0.05, 0.1) is 0 Å². The van der Waals surface area contributed by atoms with E-state index in [-0.39, 0.29) is 17.3 Å². The first kappa shape index (κ1) is 32.8. The van der Waals surface area contributed by atoms with E-state index in [1.807, 2.05) is 6.92 Å². The summed E-state index contributed by atoms with van der Waals surface area (Å²) in [4.78, 5) is 39.2. The van der Waals surface area contributed by atoms with Crippen molar-refractivity contribution in [2.75, 3.05) is 17.3 Å². The molecule has 0 heterocycles. The van der Waals surface area contributed by atoms with Gasteiger partial charge in [0.15, 0.2) is 0 Å². The van der Waals surface area contributed by atoms with Gasteiger partial charge in [-0.25, -0.2) is 0 Å². The van der Waals surface area contributed by atoms with E-state index in [0.29, 0.717) is 26.6 Å². The second kappa shape index (κ2) is 18.6. The normalized spacial score (nSPS) is 20.1. The van der Waals surface area contributed by atoms with E-state index in [9.17, 15) is 14.4 Å². The first-order valence-corrected chi connectivity index (χ1v) is 23.6. The maximum absolute atomic E-state index is 13.1. The van der Waals surface area contributed by atoms with Gasteiger partial charge in [0.2, 0.25) is 0 Å². The van der Waals surface area contributed by atoms with Crippen LogP contribution in [0.1, 0.15) is 116 Å². The molecular formula is C28H48O6S3Sn. The van der Waals surface area contributed by atoms with Crippen LogP contribution in [0.5, 0.6) is 0 Å². The predicted octanol–water partition coefficient (Wildman–Crippen LogP) is 7.55. The fourth-order valence-corrected chi connectivity index (χ4v) is 16.7. The second-order valence-corrected chi connectivity index (χ2v) is 21.9. The molecule has 3 aliphatic rings. The van der Waals surface area contributed by atoms with E-state index in [4.69, 9.17) is 9.22 Å². The standard InChI is InChI=1S/3C8H14O2S.C4H9.Sn/c3*9-8(10)6-11-7-4-2-1-3-5-7;1-3-4-2;/h3*7H,1-6H2,(H,9,10);1,3-4H2,2H3;/q;;;;+3/p-3. The van der Waals surface area contributed by atoms with Crippen molar-refractivity contribution in [3.05, 3.63) is 0 Å². The Bertz CT molecular complexity index is 633. The Morgan fingerprint density at radius 2 is 0.895 bits per heavy atom. The topological polar surface area (TPSA) is 78.9 Å². The van der Waals surface area contributed by atoms with Crippen LogP contribution in [-0.2, 0) is 23.6 Å². The van der Waals surface area contributed by atoms with Crippen molar-refractivity contribution < 1.29 is 23.6 Å². The fourth-order valence-electron chi connectivity index (χ4n) is 5.47. The molecule has 0 aromatic rings. The molecule has 3 fully saturated rings. The van der Waals surface area contributed by atoms with Crippen LogP contribution < -0.4 is 0 Å². The van der Waals surface area contributed by atoms with Crippen LogP contribution in [0.25, 0.3) is 0 Å². The van der Waals surface area contributed by atoms with Gasteiger partial charge in [0.25, 0.3) is 0 Å². The van der Waals surface area contributed by atoms with Crippen LogP contribution >= 0.6 is 35.3 Å². The molecule has 3 aliphatic carbocycles. The maximum atomic E-state index is 13.1. The van der Waals surface area contributed by atoms with Crippen molar-refractivity contribution in [3.63, 3.8) is 0 Å². The van der Waals surface area contributed by atoms with Gasteiger partial charge < -0.3 is 0 Å². The predicted molar refractivity (Wildman–Crippen MR) is 162 cm³/mol. The minimum atomic E-state index is -4.82. The summed E-state index contributed by atoms with van der Waals surface area (Å²) in [7, 11) is 0. The Morgan fingerprint density at radius 1 is 0.579 bits per heavy atom. The van der Waals surface area contributed by atoms with Crippen LogP contribution in [0.3, 0.4) is 0 Å². The SMILES string of the molecule is CCC[CH2][Sn]([O]C(=O)CSC1CCCCC1)([O]C(=O)CSC1CCCCC1)[O]C(=O)CSC1CCCCC1. The molecule has 0 bridgehead atoms. The van der Waals surface area contributed by atoms with Crippen molar-refractivity contribution in [3.8, 4) is 0 Å². The Morgan fingerprint density at radius 3 is 1.18 bits per heavy atom. The number of thioether (sulfide) groups is 3. The summed E-state index contributed by atoms with van der Waals surface area (Å²) in [6, 6.07) is 0. The van der Waals surface area contributed by atoms with Gasteiger partial charge in [-0.15, -0.1) is 0 Å². The molecule has 0 unspecified atom stereocenters. The van der Waals surface area contributed by atoms with E-state index in [0.717, 1.165) is 44.9 Å². The van der Waals surface area contributed by atoms with Crippen LogP contribution in [0.2, 0.25) is 4.44 Å². The third-order valence-electron chi connectivity index (χ3n) is 7.61. The van der Waals surface area contributed by atoms with Crippen molar-refractivity contribution in [2.45, 2.75) is 136 Å². The molecule has 0 atom stereocenters. The summed E-state index contributed by atoms with van der Waals surface area (Å²) in [5.41, 5.74) is 0. The van der Waals surface area contributed by atoms with Crippen LogP contribution in [0.15, 0.2) is 0 Å². The Balaban J connectivity index is 1.62. The molecule has 3 saturated carbocycles. The van der Waals surface area contributed by atoms with Crippen LogP contribution in [-0.4, -0.2) is 70.5 Å². The molecule has 0 aliphatic heterocycles. The van der Waals surface area contributed by atoms with Crippen molar-refractivity contribution in [1.82, 2.24) is 0 Å². The number of carbonyl (C=O) groups excluding carboxylic acids is 3. The minimum absolute atomic E-state index is 0.220. The molecule has 0 aromatic carbocycles. The van der Waals surface area contributed by atoms with E-state index in [1.165, 1.54) is 57.8 Å². The van der Waals surface area contributed by atoms with E-state index in [2.05, 4.69) is 0 Å².